The molecule has 1 amide bonds. The van der Waals surface area contributed by atoms with Gasteiger partial charge < -0.3 is 24.1 Å². The number of fused-ring (bicyclic) bond motifs is 3. The van der Waals surface area contributed by atoms with Crippen molar-refractivity contribution in [3.8, 4) is 17.2 Å². The molecule has 2 aromatic carbocycles. The van der Waals surface area contributed by atoms with E-state index in [2.05, 4.69) is 4.98 Å². The van der Waals surface area contributed by atoms with Gasteiger partial charge in [-0.15, -0.1) is 0 Å². The fraction of sp³-hybridized carbons (Fsp3) is 0.346. The molecule has 4 aromatic rings. The number of methoxy groups -OCH3 is 2. The van der Waals surface area contributed by atoms with Crippen molar-refractivity contribution in [3.63, 3.8) is 0 Å². The number of nitrogens with one attached hydrogen (secondary N) is 1. The maximum atomic E-state index is 13.8. The molecule has 5 rings (SSSR count). The van der Waals surface area contributed by atoms with Crippen LogP contribution < -0.4 is 15.0 Å². The number of amides is 1. The monoisotopic (exact) mass is 508 g/mol. The van der Waals surface area contributed by atoms with E-state index >= 15 is 0 Å². The molecule has 1 fully saturated rings. The number of ether oxygens (including phenoxy) is 3. The van der Waals surface area contributed by atoms with Crippen LogP contribution >= 0.6 is 11.8 Å². The number of carbonyl (C=O) groups is 1. The minimum atomic E-state index is -0.257. The summed E-state index contributed by atoms with van der Waals surface area (Å²) >= 11 is 1.24. The minimum absolute atomic E-state index is 0.0193. The average Bonchev–Trinajstić information content (AvgIpc) is 3.25. The van der Waals surface area contributed by atoms with Crippen molar-refractivity contribution in [3.05, 3.63) is 52.8 Å². The number of hydrogen-bond acceptors (Lipinski definition) is 7. The highest BCUT2D eigenvalue weighted by Gasteiger charge is 2.27. The van der Waals surface area contributed by atoms with Gasteiger partial charge in [0.15, 0.2) is 16.7 Å². The van der Waals surface area contributed by atoms with Crippen LogP contribution in [-0.4, -0.2) is 70.6 Å². The Hall–Kier alpha value is -3.50. The Morgan fingerprint density at radius 1 is 1.11 bits per heavy atom. The number of para-hydroxylation sites is 1. The number of H-pyrrole nitrogens is 1. The van der Waals surface area contributed by atoms with Gasteiger partial charge in [-0.1, -0.05) is 30.0 Å². The number of morpholine rings is 1. The summed E-state index contributed by atoms with van der Waals surface area (Å²) in [5.74, 6) is 1.16. The summed E-state index contributed by atoms with van der Waals surface area (Å²) in [5, 5.41) is 1.28. The molecule has 0 spiro atoms. The molecular weight excluding hydrogens is 480 g/mol. The highest BCUT2D eigenvalue weighted by molar-refractivity contribution is 7.99. The third kappa shape index (κ3) is 4.42. The predicted molar refractivity (Wildman–Crippen MR) is 140 cm³/mol. The third-order valence-corrected chi connectivity index (χ3v) is 7.14. The zero-order chi connectivity index (χ0) is 25.4. The molecule has 2 aromatic heterocycles. The summed E-state index contributed by atoms with van der Waals surface area (Å²) in [6.07, 6.45) is -0.0401. The van der Waals surface area contributed by atoms with Gasteiger partial charge in [-0.05, 0) is 32.0 Å². The van der Waals surface area contributed by atoms with E-state index in [1.807, 2.05) is 43.0 Å². The van der Waals surface area contributed by atoms with Crippen molar-refractivity contribution >= 4 is 39.6 Å². The summed E-state index contributed by atoms with van der Waals surface area (Å²) in [6, 6.07) is 12.9. The van der Waals surface area contributed by atoms with Gasteiger partial charge >= 0.3 is 0 Å². The average molecular weight is 509 g/mol. The van der Waals surface area contributed by atoms with E-state index in [1.54, 1.807) is 32.4 Å². The van der Waals surface area contributed by atoms with Crippen LogP contribution in [0.2, 0.25) is 0 Å². The molecule has 10 heteroatoms. The lowest BCUT2D eigenvalue weighted by atomic mass is 10.2. The lowest BCUT2D eigenvalue weighted by molar-refractivity contribution is -0.140. The van der Waals surface area contributed by atoms with Gasteiger partial charge in [-0.25, -0.2) is 4.98 Å². The van der Waals surface area contributed by atoms with Crippen molar-refractivity contribution in [2.24, 2.45) is 0 Å². The Morgan fingerprint density at radius 2 is 1.83 bits per heavy atom. The van der Waals surface area contributed by atoms with Gasteiger partial charge in [0.1, 0.15) is 11.0 Å². The molecule has 188 valence electrons. The zero-order valence-corrected chi connectivity index (χ0v) is 21.4. The predicted octanol–water partition coefficient (Wildman–Crippen LogP) is 3.61. The third-order valence-electron chi connectivity index (χ3n) is 6.22. The molecule has 0 aliphatic carbocycles. The molecule has 1 aliphatic heterocycles. The SMILES string of the molecule is COc1ccc(-n2c(SCC(=O)N3C[C@@H](C)O[C@@H](C)C3)nc3c([nH]c4ccccc43)c2=O)cc1OC. The van der Waals surface area contributed by atoms with Crippen LogP contribution in [0.15, 0.2) is 52.4 Å². The first-order valence-electron chi connectivity index (χ1n) is 11.7. The second kappa shape index (κ2) is 9.87. The number of carbonyl (C=O) groups excluding carboxylic acids is 1. The first-order chi connectivity index (χ1) is 17.4. The van der Waals surface area contributed by atoms with Crippen LogP contribution in [0.3, 0.4) is 0 Å². The van der Waals surface area contributed by atoms with Crippen LogP contribution in [0.1, 0.15) is 13.8 Å². The number of aromatic amines is 1. The molecular formula is C26H28N4O5S. The first kappa shape index (κ1) is 24.2. The number of thioether (sulfide) groups is 1. The molecule has 1 saturated heterocycles. The maximum Gasteiger partial charge on any atom is 0.283 e. The summed E-state index contributed by atoms with van der Waals surface area (Å²) in [7, 11) is 3.10. The minimum Gasteiger partial charge on any atom is -0.493 e. The first-order valence-corrected chi connectivity index (χ1v) is 12.7. The van der Waals surface area contributed by atoms with Gasteiger partial charge in [-0.3, -0.25) is 14.2 Å². The highest BCUT2D eigenvalue weighted by atomic mass is 32.2. The topological polar surface area (TPSA) is 98.7 Å². The molecule has 1 N–H and O–H groups in total. The second-order valence-corrected chi connectivity index (χ2v) is 9.76. The molecule has 0 unspecified atom stereocenters. The lowest BCUT2D eigenvalue weighted by Gasteiger charge is -2.35. The van der Waals surface area contributed by atoms with Gasteiger partial charge in [0, 0.05) is 30.1 Å². The Bertz CT molecular complexity index is 1490. The van der Waals surface area contributed by atoms with Crippen molar-refractivity contribution in [2.45, 2.75) is 31.2 Å². The van der Waals surface area contributed by atoms with Gasteiger partial charge in [-0.2, -0.15) is 0 Å². The van der Waals surface area contributed by atoms with Crippen molar-refractivity contribution in [1.82, 2.24) is 19.4 Å². The largest absolute Gasteiger partial charge is 0.493 e. The van der Waals surface area contributed by atoms with Crippen LogP contribution in [0.5, 0.6) is 11.5 Å². The fourth-order valence-electron chi connectivity index (χ4n) is 4.63. The Labute approximate surface area is 212 Å². The van der Waals surface area contributed by atoms with Crippen LogP contribution in [-0.2, 0) is 9.53 Å². The van der Waals surface area contributed by atoms with Gasteiger partial charge in [0.05, 0.1) is 37.9 Å². The van der Waals surface area contributed by atoms with Crippen LogP contribution in [0.4, 0.5) is 0 Å². The van der Waals surface area contributed by atoms with E-state index < -0.39 is 0 Å². The van der Waals surface area contributed by atoms with E-state index in [1.165, 1.54) is 16.3 Å². The normalized spacial score (nSPS) is 18.1. The summed E-state index contributed by atoms with van der Waals surface area (Å²) in [4.78, 5) is 36.8. The number of rotatable bonds is 6. The molecule has 36 heavy (non-hydrogen) atoms. The van der Waals surface area contributed by atoms with Crippen molar-refractivity contribution in [2.75, 3.05) is 33.1 Å². The van der Waals surface area contributed by atoms with Crippen molar-refractivity contribution < 1.29 is 19.0 Å². The summed E-state index contributed by atoms with van der Waals surface area (Å²) in [5.41, 5.74) is 2.11. The lowest BCUT2D eigenvalue weighted by Crippen LogP contribution is -2.48. The Morgan fingerprint density at radius 3 is 2.56 bits per heavy atom. The van der Waals surface area contributed by atoms with Crippen LogP contribution in [0, 0.1) is 0 Å². The van der Waals surface area contributed by atoms with E-state index in [4.69, 9.17) is 19.2 Å². The molecule has 1 aliphatic rings. The number of aromatic nitrogens is 3. The van der Waals surface area contributed by atoms with Crippen LogP contribution in [0.25, 0.3) is 27.6 Å². The second-order valence-electron chi connectivity index (χ2n) is 8.81. The zero-order valence-electron chi connectivity index (χ0n) is 20.6. The molecule has 3 heterocycles. The summed E-state index contributed by atoms with van der Waals surface area (Å²) < 4.78 is 18.1. The fourth-order valence-corrected chi connectivity index (χ4v) is 5.54. The smallest absolute Gasteiger partial charge is 0.283 e. The number of hydrogen-bond donors (Lipinski definition) is 1. The number of nitrogens with zero attached hydrogens (tertiary/aromatic N) is 3. The molecule has 0 bridgehead atoms. The number of benzene rings is 2. The summed E-state index contributed by atoms with van der Waals surface area (Å²) in [6.45, 7) is 5.01. The highest BCUT2D eigenvalue weighted by Crippen LogP contribution is 2.32. The van der Waals surface area contributed by atoms with E-state index in [0.29, 0.717) is 46.5 Å². The maximum absolute atomic E-state index is 13.8. The van der Waals surface area contributed by atoms with Crippen molar-refractivity contribution in [1.29, 1.82) is 0 Å². The van der Waals surface area contributed by atoms with E-state index in [0.717, 1.165) is 10.9 Å². The molecule has 9 nitrogen and oxygen atoms in total. The van der Waals surface area contributed by atoms with Gasteiger partial charge in [0.25, 0.3) is 5.56 Å². The molecule has 0 radical (unpaired) electrons. The van der Waals surface area contributed by atoms with E-state index in [-0.39, 0.29) is 29.4 Å². The molecule has 0 saturated carbocycles. The van der Waals surface area contributed by atoms with Gasteiger partial charge in [0.2, 0.25) is 5.91 Å². The Kier molecular flexibility index (Phi) is 6.63. The quantitative estimate of drug-likeness (QED) is 0.314. The standard InChI is InChI=1S/C26H28N4O5S/c1-15-12-29(13-16(2)35-15)22(31)14-36-26-28-23-18-7-5-6-8-19(18)27-24(23)25(32)30(26)17-9-10-20(33-3)21(11-17)34-4/h5-11,15-16,27H,12-14H2,1-4H3/t15-,16+. The molecule has 2 atom stereocenters. The Balaban J connectivity index is 1.59. The van der Waals surface area contributed by atoms with E-state index in [9.17, 15) is 9.59 Å².